The predicted molar refractivity (Wildman–Crippen MR) is 121 cm³/mol. The lowest BCUT2D eigenvalue weighted by Gasteiger charge is -2.33. The second-order valence-electron chi connectivity index (χ2n) is 9.17. The van der Waals surface area contributed by atoms with Crippen molar-refractivity contribution < 1.29 is 17.6 Å². The average molecular weight is 490 g/mol. The van der Waals surface area contributed by atoms with Gasteiger partial charge < -0.3 is 4.90 Å². The zero-order valence-corrected chi connectivity index (χ0v) is 18.8. The quantitative estimate of drug-likeness (QED) is 0.310. The summed E-state index contributed by atoms with van der Waals surface area (Å²) in [5.74, 6) is 0.324. The predicted octanol–water partition coefficient (Wildman–Crippen LogP) is 6.43. The molecule has 6 rings (SSSR count). The molecular formula is C24H20ClF4N5. The van der Waals surface area contributed by atoms with E-state index in [-0.39, 0.29) is 24.3 Å². The smallest absolute Gasteiger partial charge is 0.325 e. The van der Waals surface area contributed by atoms with E-state index in [0.717, 1.165) is 29.7 Å². The highest BCUT2D eigenvalue weighted by molar-refractivity contribution is 6.31. The molecule has 3 heterocycles. The van der Waals surface area contributed by atoms with Crippen LogP contribution < -0.4 is 4.90 Å². The van der Waals surface area contributed by atoms with Gasteiger partial charge in [-0.15, -0.1) is 10.2 Å². The topological polar surface area (TPSA) is 46.3 Å². The first-order valence-corrected chi connectivity index (χ1v) is 11.6. The maximum atomic E-state index is 14.5. The van der Waals surface area contributed by atoms with Crippen molar-refractivity contribution in [3.05, 3.63) is 58.6 Å². The molecule has 1 saturated carbocycles. The fraction of sp³-hybridized carbons (Fsp3) is 0.375. The van der Waals surface area contributed by atoms with E-state index in [0.29, 0.717) is 35.5 Å². The molecule has 2 aliphatic rings. The molecule has 176 valence electrons. The number of alkyl halides is 3. The van der Waals surface area contributed by atoms with Gasteiger partial charge in [0.2, 0.25) is 0 Å². The fourth-order valence-electron chi connectivity index (χ4n) is 5.10. The highest BCUT2D eigenvalue weighted by atomic mass is 35.5. The number of nitrogens with zero attached hydrogens (tertiary/aromatic N) is 5. The first-order valence-electron chi connectivity index (χ1n) is 11.2. The first kappa shape index (κ1) is 21.6. The third-order valence-corrected chi connectivity index (χ3v) is 7.50. The van der Waals surface area contributed by atoms with Gasteiger partial charge in [-0.25, -0.2) is 4.39 Å². The number of aromatic nitrogens is 4. The summed E-state index contributed by atoms with van der Waals surface area (Å²) in [6, 6.07) is 8.62. The summed E-state index contributed by atoms with van der Waals surface area (Å²) >= 11 is 6.06. The molecule has 1 fully saturated rings. The molecule has 34 heavy (non-hydrogen) atoms. The van der Waals surface area contributed by atoms with Gasteiger partial charge in [0.05, 0.1) is 16.0 Å². The van der Waals surface area contributed by atoms with Gasteiger partial charge in [0.25, 0.3) is 5.78 Å². The van der Waals surface area contributed by atoms with Crippen LogP contribution in [0.5, 0.6) is 0 Å². The van der Waals surface area contributed by atoms with Crippen molar-refractivity contribution in [2.24, 2.45) is 5.41 Å². The van der Waals surface area contributed by atoms with E-state index in [1.165, 1.54) is 18.5 Å². The number of hydrogen-bond donors (Lipinski definition) is 0. The van der Waals surface area contributed by atoms with Gasteiger partial charge >= 0.3 is 6.18 Å². The number of rotatable bonds is 4. The summed E-state index contributed by atoms with van der Waals surface area (Å²) in [5.41, 5.74) is 1.93. The number of benzene rings is 2. The second-order valence-corrected chi connectivity index (χ2v) is 9.58. The van der Waals surface area contributed by atoms with Crippen molar-refractivity contribution in [3.63, 3.8) is 0 Å². The van der Waals surface area contributed by atoms with E-state index in [2.05, 4.69) is 15.2 Å². The van der Waals surface area contributed by atoms with Gasteiger partial charge in [-0.2, -0.15) is 18.2 Å². The lowest BCUT2D eigenvalue weighted by molar-refractivity contribution is -0.188. The van der Waals surface area contributed by atoms with Crippen molar-refractivity contribution in [1.29, 1.82) is 0 Å². The van der Waals surface area contributed by atoms with Crippen LogP contribution in [0.3, 0.4) is 0 Å². The molecule has 1 aliphatic carbocycles. The Labute approximate surface area is 197 Å². The van der Waals surface area contributed by atoms with Crippen molar-refractivity contribution in [1.82, 2.24) is 19.6 Å². The Bertz CT molecular complexity index is 1430. The summed E-state index contributed by atoms with van der Waals surface area (Å²) < 4.78 is 56.5. The van der Waals surface area contributed by atoms with E-state index in [1.54, 1.807) is 4.40 Å². The minimum Gasteiger partial charge on any atom is -0.325 e. The van der Waals surface area contributed by atoms with Crippen LogP contribution >= 0.6 is 11.6 Å². The number of anilines is 2. The van der Waals surface area contributed by atoms with E-state index >= 15 is 0 Å². The normalized spacial score (nSPS) is 17.4. The third kappa shape index (κ3) is 3.32. The lowest BCUT2D eigenvalue weighted by Crippen LogP contribution is -2.27. The first-order chi connectivity index (χ1) is 16.3. The van der Waals surface area contributed by atoms with Gasteiger partial charge in [-0.1, -0.05) is 23.7 Å². The van der Waals surface area contributed by atoms with Crippen LogP contribution in [0.25, 0.3) is 16.7 Å². The lowest BCUT2D eigenvalue weighted by atomic mass is 9.90. The van der Waals surface area contributed by atoms with Crippen LogP contribution in [-0.4, -0.2) is 32.3 Å². The van der Waals surface area contributed by atoms with Gasteiger partial charge in [-0.05, 0) is 67.9 Å². The molecule has 5 nitrogen and oxygen atoms in total. The third-order valence-electron chi connectivity index (χ3n) is 7.21. The van der Waals surface area contributed by atoms with Crippen molar-refractivity contribution in [2.45, 2.75) is 44.7 Å². The Morgan fingerprint density at radius 2 is 1.97 bits per heavy atom. The molecule has 0 bridgehead atoms. The highest BCUT2D eigenvalue weighted by Crippen LogP contribution is 2.60. The van der Waals surface area contributed by atoms with E-state index < -0.39 is 17.4 Å². The average Bonchev–Trinajstić information content (AvgIpc) is 3.47. The second kappa shape index (κ2) is 7.53. The largest absolute Gasteiger partial charge is 0.394 e. The fourth-order valence-corrected chi connectivity index (χ4v) is 5.26. The molecule has 0 amide bonds. The zero-order chi connectivity index (χ0) is 23.7. The summed E-state index contributed by atoms with van der Waals surface area (Å²) in [6.45, 7) is 0.638. The van der Waals surface area contributed by atoms with Gasteiger partial charge in [0.1, 0.15) is 18.0 Å². The number of hydrogen-bond acceptors (Lipinski definition) is 4. The molecule has 0 atom stereocenters. The van der Waals surface area contributed by atoms with E-state index in [1.807, 2.05) is 23.1 Å². The van der Waals surface area contributed by atoms with Crippen LogP contribution in [0.2, 0.25) is 5.02 Å². The minimum atomic E-state index is -4.16. The van der Waals surface area contributed by atoms with E-state index in [4.69, 9.17) is 11.6 Å². The minimum absolute atomic E-state index is 0.0142. The number of halogens is 5. The maximum absolute atomic E-state index is 14.5. The van der Waals surface area contributed by atoms with Crippen molar-refractivity contribution in [3.8, 4) is 0 Å². The molecule has 4 aromatic rings. The van der Waals surface area contributed by atoms with E-state index in [9.17, 15) is 17.6 Å². The van der Waals surface area contributed by atoms with Crippen LogP contribution in [0.4, 0.5) is 29.1 Å². The van der Waals surface area contributed by atoms with Crippen LogP contribution in [-0.2, 0) is 12.8 Å². The highest BCUT2D eigenvalue weighted by Gasteiger charge is 2.62. The van der Waals surface area contributed by atoms with Crippen LogP contribution in [0, 0.1) is 11.2 Å². The Balaban J connectivity index is 1.44. The molecule has 2 aromatic heterocycles. The molecule has 0 unspecified atom stereocenters. The Morgan fingerprint density at radius 3 is 2.74 bits per heavy atom. The molecule has 0 spiro atoms. The molecule has 10 heteroatoms. The molecular weight excluding hydrogens is 470 g/mol. The number of aryl methyl sites for hydroxylation is 1. The van der Waals surface area contributed by atoms with Gasteiger partial charge in [0.15, 0.2) is 0 Å². The Hall–Kier alpha value is -2.94. The molecule has 2 aromatic carbocycles. The van der Waals surface area contributed by atoms with Crippen LogP contribution in [0.1, 0.15) is 36.8 Å². The summed E-state index contributed by atoms with van der Waals surface area (Å²) in [5, 5.41) is 8.54. The summed E-state index contributed by atoms with van der Waals surface area (Å²) in [6.07, 6.45) is -0.200. The molecule has 0 saturated heterocycles. The summed E-state index contributed by atoms with van der Waals surface area (Å²) in [4.78, 5) is 6.67. The molecule has 1 aliphatic heterocycles. The number of fused-ring (bicyclic) bond motifs is 4. The molecule has 0 N–H and O–H groups in total. The molecule has 0 radical (unpaired) electrons. The SMILES string of the molecule is Fc1cc2c(N3CCCc4c(CCC5(C(F)(F)F)CC5)cccc43)nc3nncn3c2cc1Cl. The zero-order valence-electron chi connectivity index (χ0n) is 18.0. The Morgan fingerprint density at radius 1 is 1.15 bits per heavy atom. The Kier molecular flexibility index (Phi) is 4.78. The van der Waals surface area contributed by atoms with Crippen molar-refractivity contribution >= 4 is 39.8 Å². The van der Waals surface area contributed by atoms with Crippen LogP contribution in [0.15, 0.2) is 36.7 Å². The standard InChI is InChI=1S/C24H20ClF4N5/c25-17-12-20-16(11-18(17)26)21(31-22-32-30-13-34(20)22)33-10-2-4-15-14(3-1-5-19(15)33)6-7-23(8-9-23)24(27,28)29/h1,3,5,11-13H,2,4,6-10H2. The maximum Gasteiger partial charge on any atom is 0.394 e. The van der Waals surface area contributed by atoms with Gasteiger partial charge in [0, 0.05) is 17.6 Å². The van der Waals surface area contributed by atoms with Crippen molar-refractivity contribution in [2.75, 3.05) is 11.4 Å². The summed E-state index contributed by atoms with van der Waals surface area (Å²) in [7, 11) is 0. The monoisotopic (exact) mass is 489 g/mol. The van der Waals surface area contributed by atoms with Gasteiger partial charge in [-0.3, -0.25) is 4.40 Å².